The molecule has 0 aromatic heterocycles. The zero-order valence-electron chi connectivity index (χ0n) is 5.83. The molecule has 0 N–H and O–H groups in total. The maximum Gasteiger partial charge on any atom is 0.0985 e. The molecule has 1 aliphatic carbocycles. The summed E-state index contributed by atoms with van der Waals surface area (Å²) in [4.78, 5) is 10.1. The zero-order chi connectivity index (χ0) is 6.43. The SMILES string of the molecule is C[C@@H]1[C@@H](C)[C@H]2C[C@@H]1OO2. The first-order valence-corrected chi connectivity index (χ1v) is 3.61. The van der Waals surface area contributed by atoms with Crippen LogP contribution in [-0.2, 0) is 9.78 Å². The zero-order valence-corrected chi connectivity index (χ0v) is 5.83. The van der Waals surface area contributed by atoms with Crippen molar-refractivity contribution in [3.8, 4) is 0 Å². The Kier molecular flexibility index (Phi) is 1.08. The second kappa shape index (κ2) is 1.70. The van der Waals surface area contributed by atoms with Gasteiger partial charge in [0.05, 0.1) is 12.2 Å². The molecule has 2 fully saturated rings. The van der Waals surface area contributed by atoms with Gasteiger partial charge in [-0.15, -0.1) is 0 Å². The van der Waals surface area contributed by atoms with Crippen LogP contribution in [0, 0.1) is 11.8 Å². The van der Waals surface area contributed by atoms with Gasteiger partial charge in [-0.2, -0.15) is 0 Å². The van der Waals surface area contributed by atoms with Crippen LogP contribution in [0.25, 0.3) is 0 Å². The quantitative estimate of drug-likeness (QED) is 0.458. The van der Waals surface area contributed by atoms with Crippen molar-refractivity contribution < 1.29 is 9.78 Å². The lowest BCUT2D eigenvalue weighted by molar-refractivity contribution is -0.337. The highest BCUT2D eigenvalue weighted by Gasteiger charge is 2.46. The third kappa shape index (κ3) is 0.634. The van der Waals surface area contributed by atoms with Crippen LogP contribution >= 0.6 is 0 Å². The Hall–Kier alpha value is -0.0800. The number of fused-ring (bicyclic) bond motifs is 2. The van der Waals surface area contributed by atoms with Crippen molar-refractivity contribution in [3.05, 3.63) is 0 Å². The van der Waals surface area contributed by atoms with Crippen molar-refractivity contribution in [1.82, 2.24) is 0 Å². The Morgan fingerprint density at radius 3 is 1.67 bits per heavy atom. The molecule has 1 saturated heterocycles. The second-order valence-electron chi connectivity index (χ2n) is 3.22. The van der Waals surface area contributed by atoms with Crippen LogP contribution in [-0.4, -0.2) is 12.2 Å². The summed E-state index contributed by atoms with van der Waals surface area (Å²) >= 11 is 0. The van der Waals surface area contributed by atoms with Crippen LogP contribution in [0.15, 0.2) is 0 Å². The molecule has 0 amide bonds. The van der Waals surface area contributed by atoms with Gasteiger partial charge in [0.25, 0.3) is 0 Å². The maximum atomic E-state index is 5.03. The van der Waals surface area contributed by atoms with Crippen molar-refractivity contribution >= 4 is 0 Å². The van der Waals surface area contributed by atoms with E-state index in [4.69, 9.17) is 9.78 Å². The van der Waals surface area contributed by atoms with Crippen molar-refractivity contribution in [2.45, 2.75) is 32.5 Å². The van der Waals surface area contributed by atoms with Crippen LogP contribution in [0.3, 0.4) is 0 Å². The van der Waals surface area contributed by atoms with E-state index in [2.05, 4.69) is 13.8 Å². The molecule has 2 heteroatoms. The van der Waals surface area contributed by atoms with E-state index in [1.807, 2.05) is 0 Å². The predicted octanol–water partition coefficient (Wildman–Crippen LogP) is 1.36. The molecular formula is C7H12O2. The van der Waals surface area contributed by atoms with Gasteiger partial charge in [0.2, 0.25) is 0 Å². The van der Waals surface area contributed by atoms with Crippen molar-refractivity contribution in [1.29, 1.82) is 0 Å². The van der Waals surface area contributed by atoms with E-state index >= 15 is 0 Å². The lowest BCUT2D eigenvalue weighted by Gasteiger charge is -2.23. The van der Waals surface area contributed by atoms with E-state index in [1.54, 1.807) is 0 Å². The molecule has 4 atom stereocenters. The minimum atomic E-state index is 0.394. The average molecular weight is 128 g/mol. The van der Waals surface area contributed by atoms with Gasteiger partial charge < -0.3 is 0 Å². The van der Waals surface area contributed by atoms with Crippen LogP contribution < -0.4 is 0 Å². The summed E-state index contributed by atoms with van der Waals surface area (Å²) in [5.74, 6) is 1.40. The standard InChI is InChI=1S/C7H12O2/c1-4-5(2)7-3-6(4)8-9-7/h4-7H,3H2,1-2H3/t4-,5-,6-,7+/m1/s1. The Balaban J connectivity index is 2.15. The molecule has 0 aromatic carbocycles. The molecule has 0 aromatic rings. The van der Waals surface area contributed by atoms with Gasteiger partial charge in [0.15, 0.2) is 0 Å². The van der Waals surface area contributed by atoms with Gasteiger partial charge in [0, 0.05) is 6.42 Å². The number of hydrogen-bond acceptors (Lipinski definition) is 2. The highest BCUT2D eigenvalue weighted by Crippen LogP contribution is 2.41. The van der Waals surface area contributed by atoms with Crippen molar-refractivity contribution in [2.24, 2.45) is 11.8 Å². The maximum absolute atomic E-state index is 5.03. The summed E-state index contributed by atoms with van der Waals surface area (Å²) in [6.45, 7) is 4.47. The highest BCUT2D eigenvalue weighted by molar-refractivity contribution is 4.89. The van der Waals surface area contributed by atoms with E-state index in [9.17, 15) is 0 Å². The molecular weight excluding hydrogens is 116 g/mol. The highest BCUT2D eigenvalue weighted by atomic mass is 17.2. The Morgan fingerprint density at radius 2 is 1.44 bits per heavy atom. The van der Waals surface area contributed by atoms with Gasteiger partial charge in [-0.1, -0.05) is 13.8 Å². The average Bonchev–Trinajstić information content (AvgIpc) is 2.37. The first-order valence-electron chi connectivity index (χ1n) is 3.61. The summed E-state index contributed by atoms with van der Waals surface area (Å²) in [6.07, 6.45) is 1.90. The van der Waals surface area contributed by atoms with Crippen LogP contribution in [0.1, 0.15) is 20.3 Å². The first-order chi connectivity index (χ1) is 4.29. The van der Waals surface area contributed by atoms with E-state index in [0.29, 0.717) is 24.0 Å². The fraction of sp³-hybridized carbons (Fsp3) is 1.00. The summed E-state index contributed by atoms with van der Waals surface area (Å²) in [7, 11) is 0. The van der Waals surface area contributed by atoms with Crippen molar-refractivity contribution in [2.75, 3.05) is 0 Å². The third-order valence-electron chi connectivity index (χ3n) is 2.77. The normalized spacial score (nSPS) is 56.7. The van der Waals surface area contributed by atoms with Crippen LogP contribution in [0.2, 0.25) is 0 Å². The molecule has 2 aliphatic rings. The molecule has 1 saturated carbocycles. The van der Waals surface area contributed by atoms with Gasteiger partial charge in [-0.05, 0) is 11.8 Å². The van der Waals surface area contributed by atoms with Gasteiger partial charge >= 0.3 is 0 Å². The first kappa shape index (κ1) is 5.69. The fourth-order valence-electron chi connectivity index (χ4n) is 1.73. The summed E-state index contributed by atoms with van der Waals surface area (Å²) in [5, 5.41) is 0. The third-order valence-corrected chi connectivity index (χ3v) is 2.77. The molecule has 0 radical (unpaired) electrons. The minimum absolute atomic E-state index is 0.394. The van der Waals surface area contributed by atoms with E-state index < -0.39 is 0 Å². The summed E-state index contributed by atoms with van der Waals surface area (Å²) < 4.78 is 0. The topological polar surface area (TPSA) is 18.5 Å². The van der Waals surface area contributed by atoms with Gasteiger partial charge in [-0.3, -0.25) is 0 Å². The molecule has 1 heterocycles. The fourth-order valence-corrected chi connectivity index (χ4v) is 1.73. The monoisotopic (exact) mass is 128 g/mol. The Bertz CT molecular complexity index is 106. The van der Waals surface area contributed by atoms with Crippen molar-refractivity contribution in [3.63, 3.8) is 0 Å². The predicted molar refractivity (Wildman–Crippen MR) is 32.7 cm³/mol. The molecule has 0 unspecified atom stereocenters. The molecule has 2 bridgehead atoms. The van der Waals surface area contributed by atoms with E-state index in [1.165, 1.54) is 0 Å². The molecule has 9 heavy (non-hydrogen) atoms. The molecule has 2 rings (SSSR count). The molecule has 52 valence electrons. The molecule has 0 spiro atoms. The van der Waals surface area contributed by atoms with E-state index in [0.717, 1.165) is 6.42 Å². The second-order valence-corrected chi connectivity index (χ2v) is 3.22. The largest absolute Gasteiger partial charge is 0.233 e. The Morgan fingerprint density at radius 1 is 1.00 bits per heavy atom. The lowest BCUT2D eigenvalue weighted by Crippen LogP contribution is -2.25. The summed E-state index contributed by atoms with van der Waals surface area (Å²) in [6, 6.07) is 0. The van der Waals surface area contributed by atoms with Crippen LogP contribution in [0.5, 0.6) is 0 Å². The molecule has 1 aliphatic heterocycles. The van der Waals surface area contributed by atoms with Gasteiger partial charge in [-0.25, -0.2) is 9.78 Å². The minimum Gasteiger partial charge on any atom is -0.233 e. The smallest absolute Gasteiger partial charge is 0.0985 e. The van der Waals surface area contributed by atoms with Gasteiger partial charge in [0.1, 0.15) is 0 Å². The number of rotatable bonds is 0. The van der Waals surface area contributed by atoms with E-state index in [-0.39, 0.29) is 0 Å². The Labute approximate surface area is 55.1 Å². The molecule has 2 nitrogen and oxygen atoms in total. The lowest BCUT2D eigenvalue weighted by atomic mass is 9.98. The number of hydrogen-bond donors (Lipinski definition) is 0. The van der Waals surface area contributed by atoms with Crippen LogP contribution in [0.4, 0.5) is 0 Å². The summed E-state index contributed by atoms with van der Waals surface area (Å²) in [5.41, 5.74) is 0.